The van der Waals surface area contributed by atoms with Gasteiger partial charge in [-0.3, -0.25) is 4.90 Å². The van der Waals surface area contributed by atoms with Crippen molar-refractivity contribution in [3.8, 4) is 11.5 Å². The number of aliphatic hydroxyl groups excluding tert-OH is 2. The first-order chi connectivity index (χ1) is 27.5. The molecule has 0 spiro atoms. The molecule has 0 saturated heterocycles. The summed E-state index contributed by atoms with van der Waals surface area (Å²) in [6, 6.07) is 18.7. The Morgan fingerprint density at radius 1 is 1.00 bits per heavy atom. The van der Waals surface area contributed by atoms with Gasteiger partial charge < -0.3 is 34.4 Å². The summed E-state index contributed by atoms with van der Waals surface area (Å²) < 4.78 is 20.3. The average Bonchev–Trinajstić information content (AvgIpc) is 3.19. The molecular weight excluding hydrogens is 721 g/mol. The number of phenolic OH excluding ortho intramolecular Hbond substituents is 1. The average molecular weight is 781 g/mol. The van der Waals surface area contributed by atoms with Crippen molar-refractivity contribution in [2.75, 3.05) is 26.4 Å². The molecule has 6 atom stereocenters. The van der Waals surface area contributed by atoms with E-state index in [4.69, 9.17) is 24.2 Å². The Hall–Kier alpha value is -4.64. The molecule has 6 unspecified atom stereocenters. The van der Waals surface area contributed by atoms with Crippen LogP contribution in [0.3, 0.4) is 0 Å². The highest BCUT2D eigenvalue weighted by molar-refractivity contribution is 6.03. The fraction of sp³-hybridized carbons (Fsp3) is 0.489. The molecule has 3 aliphatic rings. The van der Waals surface area contributed by atoms with Crippen LogP contribution in [-0.2, 0) is 20.9 Å². The second-order valence-electron chi connectivity index (χ2n) is 16.5. The summed E-state index contributed by atoms with van der Waals surface area (Å²) in [5.74, 6) is -1.40. The lowest BCUT2D eigenvalue weighted by atomic mass is 9.55. The van der Waals surface area contributed by atoms with Crippen molar-refractivity contribution in [2.45, 2.75) is 102 Å². The van der Waals surface area contributed by atoms with E-state index in [0.29, 0.717) is 30.7 Å². The van der Waals surface area contributed by atoms with Crippen molar-refractivity contribution in [2.24, 2.45) is 22.9 Å². The number of nitrogens with zero attached hydrogens (tertiary/aromatic N) is 2. The van der Waals surface area contributed by atoms with Gasteiger partial charge in [-0.2, -0.15) is 0 Å². The lowest BCUT2D eigenvalue weighted by Crippen LogP contribution is -2.70. The van der Waals surface area contributed by atoms with Gasteiger partial charge in [-0.05, 0) is 105 Å². The second-order valence-corrected chi connectivity index (χ2v) is 16.5. The zero-order valence-corrected chi connectivity index (χ0v) is 33.8. The molecule has 0 aromatic heterocycles. The number of allylic oxidation sites excluding steroid dienone is 1. The molecule has 2 aliphatic carbocycles. The number of hydrogen-bond donors (Lipinski definition) is 3. The number of oxime groups is 1. The topological polar surface area (TPSA) is 130 Å². The van der Waals surface area contributed by atoms with Gasteiger partial charge in [0.05, 0.1) is 31.4 Å². The van der Waals surface area contributed by atoms with Gasteiger partial charge in [0.25, 0.3) is 0 Å². The van der Waals surface area contributed by atoms with Crippen LogP contribution < -0.4 is 4.74 Å². The number of phenols is 1. The van der Waals surface area contributed by atoms with Crippen LogP contribution in [0.2, 0.25) is 0 Å². The number of carbonyl (C=O) groups excluding carboxylic acids is 1. The maximum Gasteiger partial charge on any atom is 0.410 e. The summed E-state index contributed by atoms with van der Waals surface area (Å²) in [5, 5.41) is 37.7. The third-order valence-electron chi connectivity index (χ3n) is 11.5. The van der Waals surface area contributed by atoms with Crippen LogP contribution >= 0.6 is 0 Å². The van der Waals surface area contributed by atoms with E-state index in [9.17, 15) is 20.1 Å². The Morgan fingerprint density at radius 2 is 1.75 bits per heavy atom. The van der Waals surface area contributed by atoms with Crippen LogP contribution in [0.4, 0.5) is 4.79 Å². The number of aliphatic hydroxyl groups is 2. The van der Waals surface area contributed by atoms with Crippen LogP contribution in [0.5, 0.6) is 11.5 Å². The quantitative estimate of drug-likeness (QED) is 0.0662. The number of carbonyl (C=O) groups is 1. The van der Waals surface area contributed by atoms with Crippen LogP contribution in [-0.4, -0.2) is 75.9 Å². The molecule has 6 rings (SSSR count). The first kappa shape index (κ1) is 42.0. The molecule has 57 heavy (non-hydrogen) atoms. The molecule has 3 aromatic rings. The fourth-order valence-electron chi connectivity index (χ4n) is 9.08. The molecule has 306 valence electrons. The molecule has 3 aromatic carbocycles. The molecule has 3 N–H and O–H groups in total. The van der Waals surface area contributed by atoms with Gasteiger partial charge in [0.1, 0.15) is 23.1 Å². The highest BCUT2D eigenvalue weighted by Gasteiger charge is 2.65. The molecule has 0 radical (unpaired) electrons. The lowest BCUT2D eigenvalue weighted by molar-refractivity contribution is -0.256. The highest BCUT2D eigenvalue weighted by atomic mass is 16.7. The lowest BCUT2D eigenvalue weighted by Gasteiger charge is -2.60. The van der Waals surface area contributed by atoms with E-state index < -0.39 is 29.4 Å². The Morgan fingerprint density at radius 3 is 2.49 bits per heavy atom. The minimum Gasteiger partial charge on any atom is -0.508 e. The summed E-state index contributed by atoms with van der Waals surface area (Å²) in [6.07, 6.45) is 10.5. The van der Waals surface area contributed by atoms with Crippen LogP contribution in [0.15, 0.2) is 103 Å². The number of benzene rings is 3. The Kier molecular flexibility index (Phi) is 13.8. The number of fused-ring (bicyclic) bond motifs is 3. The summed E-state index contributed by atoms with van der Waals surface area (Å²) in [6.45, 7) is 14.4. The van der Waals surface area contributed by atoms with E-state index in [1.54, 1.807) is 35.3 Å². The number of hydrogen-bond acceptors (Lipinski definition) is 9. The van der Waals surface area contributed by atoms with E-state index in [0.717, 1.165) is 53.2 Å². The second kappa shape index (κ2) is 18.7. The first-order valence-electron chi connectivity index (χ1n) is 20.5. The van der Waals surface area contributed by atoms with Gasteiger partial charge in [-0.25, -0.2) is 4.79 Å². The Bertz CT molecular complexity index is 1930. The van der Waals surface area contributed by atoms with Gasteiger partial charge in [-0.1, -0.05) is 78.7 Å². The number of unbranched alkanes of at least 4 members (excludes halogenated alkanes) is 2. The normalized spacial score (nSPS) is 24.5. The SMILES string of the molecule is C=CCCOC(=O)N(Cc1cccc2ccccc12)C1CC(=NOC(C)(C)C)C2=CC(CCCCO)C(CCCCO)C3c4cc(O)ccc4OC1(OCC=C)C23. The number of rotatable bonds is 18. The zero-order chi connectivity index (χ0) is 40.6. The summed E-state index contributed by atoms with van der Waals surface area (Å²) in [4.78, 5) is 22.7. The monoisotopic (exact) mass is 780 g/mol. The van der Waals surface area contributed by atoms with Crippen LogP contribution in [0, 0.1) is 17.8 Å². The van der Waals surface area contributed by atoms with Crippen molar-refractivity contribution in [1.82, 2.24) is 4.90 Å². The third kappa shape index (κ3) is 9.24. The summed E-state index contributed by atoms with van der Waals surface area (Å²) in [7, 11) is 0. The fourth-order valence-corrected chi connectivity index (χ4v) is 9.08. The molecule has 0 bridgehead atoms. The zero-order valence-electron chi connectivity index (χ0n) is 33.8. The maximum absolute atomic E-state index is 14.7. The maximum atomic E-state index is 14.7. The van der Waals surface area contributed by atoms with Crippen LogP contribution in [0.1, 0.15) is 89.2 Å². The van der Waals surface area contributed by atoms with E-state index in [1.807, 2.05) is 45.0 Å². The smallest absolute Gasteiger partial charge is 0.410 e. The van der Waals surface area contributed by atoms with Crippen molar-refractivity contribution < 1.29 is 39.2 Å². The van der Waals surface area contributed by atoms with Crippen molar-refractivity contribution in [3.05, 3.63) is 109 Å². The Balaban J connectivity index is 1.62. The Labute approximate surface area is 337 Å². The number of aromatic hydroxyl groups is 1. The van der Waals surface area contributed by atoms with E-state index >= 15 is 0 Å². The van der Waals surface area contributed by atoms with E-state index in [-0.39, 0.29) is 62.9 Å². The standard InChI is InChI=1S/C47H60N2O8/c1-6-8-27-54-45(53)49(31-34-19-15-18-32-16-9-10-20-36(32)34)42-30-40(48-57-46(3,4)5)38-28-33(17-11-13-24-50)37(21-12-14-25-51)43-39-29-35(52)22-23-41(39)56-47(42,44(38)43)55-26-7-2/h6-7,9-10,15-16,18-20,22-23,28-29,33,37,42-44,50-52H,1-2,8,11-14,17,21,24-27,30-31H2,3-5H3. The van der Waals surface area contributed by atoms with Gasteiger partial charge in [0, 0.05) is 31.1 Å². The van der Waals surface area contributed by atoms with E-state index in [1.165, 1.54) is 0 Å². The molecule has 10 heteroatoms. The first-order valence-corrected chi connectivity index (χ1v) is 20.5. The van der Waals surface area contributed by atoms with Crippen molar-refractivity contribution in [1.29, 1.82) is 0 Å². The highest BCUT2D eigenvalue weighted by Crippen LogP contribution is 2.62. The largest absolute Gasteiger partial charge is 0.508 e. The molecule has 1 saturated carbocycles. The third-order valence-corrected chi connectivity index (χ3v) is 11.5. The number of ether oxygens (including phenoxy) is 3. The molecule has 1 aliphatic heterocycles. The van der Waals surface area contributed by atoms with Gasteiger partial charge in [-0.15, -0.1) is 13.2 Å². The predicted molar refractivity (Wildman–Crippen MR) is 223 cm³/mol. The molecule has 1 amide bonds. The van der Waals surface area contributed by atoms with Crippen molar-refractivity contribution in [3.63, 3.8) is 0 Å². The van der Waals surface area contributed by atoms with Gasteiger partial charge in [0.2, 0.25) is 5.79 Å². The molecule has 1 fully saturated rings. The summed E-state index contributed by atoms with van der Waals surface area (Å²) in [5.41, 5.74) is 2.81. The minimum atomic E-state index is -1.46. The number of amides is 1. The molecular formula is C47H60N2O8. The van der Waals surface area contributed by atoms with E-state index in [2.05, 4.69) is 37.4 Å². The van der Waals surface area contributed by atoms with Crippen molar-refractivity contribution >= 4 is 22.6 Å². The molecule has 1 heterocycles. The minimum absolute atomic E-state index is 0.0368. The van der Waals surface area contributed by atoms with Crippen LogP contribution in [0.25, 0.3) is 10.8 Å². The summed E-state index contributed by atoms with van der Waals surface area (Å²) >= 11 is 0. The molecule has 10 nitrogen and oxygen atoms in total. The van der Waals surface area contributed by atoms with Gasteiger partial charge >= 0.3 is 6.09 Å². The predicted octanol–water partition coefficient (Wildman–Crippen LogP) is 9.19. The van der Waals surface area contributed by atoms with Gasteiger partial charge in [0.15, 0.2) is 0 Å².